The molecule has 1 N–H and O–H groups in total. The fourth-order valence-corrected chi connectivity index (χ4v) is 1.98. The molecule has 0 bridgehead atoms. The largest absolute Gasteiger partial charge is 0.458 e. The quantitative estimate of drug-likeness (QED) is 0.698. The maximum absolute atomic E-state index is 11.0. The molecular formula is C11H19NO4. The highest BCUT2D eigenvalue weighted by Crippen LogP contribution is 2.29. The van der Waals surface area contributed by atoms with Crippen LogP contribution in [-0.4, -0.2) is 37.2 Å². The molecule has 0 aliphatic carbocycles. The highest BCUT2D eigenvalue weighted by Gasteiger charge is 2.43. The Labute approximate surface area is 95.5 Å². The van der Waals surface area contributed by atoms with E-state index in [4.69, 9.17) is 9.47 Å². The highest BCUT2D eigenvalue weighted by atomic mass is 16.6. The molecule has 0 aromatic rings. The van der Waals surface area contributed by atoms with Crippen LogP contribution in [0.15, 0.2) is 0 Å². The summed E-state index contributed by atoms with van der Waals surface area (Å²) in [4.78, 5) is 22.0. The van der Waals surface area contributed by atoms with Crippen molar-refractivity contribution < 1.29 is 19.1 Å². The van der Waals surface area contributed by atoms with Crippen LogP contribution in [0.25, 0.3) is 0 Å². The fourth-order valence-electron chi connectivity index (χ4n) is 1.98. The molecule has 0 unspecified atom stereocenters. The molecule has 0 spiro atoms. The average molecular weight is 229 g/mol. The van der Waals surface area contributed by atoms with Crippen molar-refractivity contribution in [2.75, 3.05) is 13.1 Å². The standard InChI is InChI=1S/C11H19NO4/c1-7(13)15-9-5-12-6-11(3,4)10(9)16-8(2)14/h9-10,12H,5-6H2,1-4H3/t9-,10+/m0/s1. The number of hydrogen-bond donors (Lipinski definition) is 1. The van der Waals surface area contributed by atoms with Crippen molar-refractivity contribution in [3.05, 3.63) is 0 Å². The minimum atomic E-state index is -0.412. The zero-order valence-electron chi connectivity index (χ0n) is 10.2. The van der Waals surface area contributed by atoms with Gasteiger partial charge in [0.05, 0.1) is 0 Å². The smallest absolute Gasteiger partial charge is 0.303 e. The molecule has 5 nitrogen and oxygen atoms in total. The lowest BCUT2D eigenvalue weighted by Crippen LogP contribution is -2.58. The average Bonchev–Trinajstić information content (AvgIpc) is 2.09. The van der Waals surface area contributed by atoms with Gasteiger partial charge in [-0.15, -0.1) is 0 Å². The normalized spacial score (nSPS) is 28.2. The SMILES string of the molecule is CC(=O)O[C@H]1CNCC(C)(C)[C@@H]1OC(C)=O. The van der Waals surface area contributed by atoms with Gasteiger partial charge in [0.1, 0.15) is 6.10 Å². The van der Waals surface area contributed by atoms with Crippen molar-refractivity contribution in [2.45, 2.75) is 39.9 Å². The molecule has 0 saturated carbocycles. The van der Waals surface area contributed by atoms with E-state index < -0.39 is 12.2 Å². The van der Waals surface area contributed by atoms with E-state index in [1.165, 1.54) is 13.8 Å². The van der Waals surface area contributed by atoms with Crippen LogP contribution < -0.4 is 5.32 Å². The summed E-state index contributed by atoms with van der Waals surface area (Å²) in [7, 11) is 0. The number of rotatable bonds is 2. The van der Waals surface area contributed by atoms with Crippen molar-refractivity contribution in [2.24, 2.45) is 5.41 Å². The van der Waals surface area contributed by atoms with E-state index in [1.807, 2.05) is 13.8 Å². The number of esters is 2. The van der Waals surface area contributed by atoms with Crippen LogP contribution in [-0.2, 0) is 19.1 Å². The number of carbonyl (C=O) groups is 2. The van der Waals surface area contributed by atoms with Gasteiger partial charge in [-0.2, -0.15) is 0 Å². The lowest BCUT2D eigenvalue weighted by Gasteiger charge is -2.42. The van der Waals surface area contributed by atoms with Crippen LogP contribution >= 0.6 is 0 Å². The Morgan fingerprint density at radius 3 is 2.25 bits per heavy atom. The summed E-state index contributed by atoms with van der Waals surface area (Å²) in [6.45, 7) is 7.91. The predicted octanol–water partition coefficient (Wildman–Crippen LogP) is 0.479. The Balaban J connectivity index is 2.79. The van der Waals surface area contributed by atoms with Crippen molar-refractivity contribution >= 4 is 11.9 Å². The molecule has 1 saturated heterocycles. The second kappa shape index (κ2) is 4.82. The molecular weight excluding hydrogens is 210 g/mol. The third-order valence-electron chi connectivity index (χ3n) is 2.64. The van der Waals surface area contributed by atoms with Gasteiger partial charge < -0.3 is 14.8 Å². The second-order valence-corrected chi connectivity index (χ2v) is 4.80. The van der Waals surface area contributed by atoms with E-state index in [0.29, 0.717) is 6.54 Å². The second-order valence-electron chi connectivity index (χ2n) is 4.80. The van der Waals surface area contributed by atoms with Gasteiger partial charge >= 0.3 is 11.9 Å². The summed E-state index contributed by atoms with van der Waals surface area (Å²) in [5.74, 6) is -0.709. The van der Waals surface area contributed by atoms with Gasteiger partial charge in [0.25, 0.3) is 0 Å². The molecule has 1 aliphatic heterocycles. The Hall–Kier alpha value is -1.10. The van der Waals surface area contributed by atoms with E-state index in [-0.39, 0.29) is 17.4 Å². The van der Waals surface area contributed by atoms with Crippen LogP contribution in [0.2, 0.25) is 0 Å². The van der Waals surface area contributed by atoms with E-state index in [2.05, 4.69) is 5.32 Å². The van der Waals surface area contributed by atoms with Crippen molar-refractivity contribution in [1.82, 2.24) is 5.32 Å². The van der Waals surface area contributed by atoms with Crippen LogP contribution in [0.5, 0.6) is 0 Å². The zero-order chi connectivity index (χ0) is 12.3. The Morgan fingerprint density at radius 1 is 1.19 bits per heavy atom. The number of carbonyl (C=O) groups excluding carboxylic acids is 2. The number of hydrogen-bond acceptors (Lipinski definition) is 5. The first-order valence-corrected chi connectivity index (χ1v) is 5.38. The highest BCUT2D eigenvalue weighted by molar-refractivity contribution is 5.67. The Morgan fingerprint density at radius 2 is 1.75 bits per heavy atom. The van der Waals surface area contributed by atoms with E-state index in [0.717, 1.165) is 6.54 Å². The first-order valence-electron chi connectivity index (χ1n) is 5.38. The minimum absolute atomic E-state index is 0.246. The van der Waals surface area contributed by atoms with Crippen LogP contribution in [0.3, 0.4) is 0 Å². The topological polar surface area (TPSA) is 64.6 Å². The third kappa shape index (κ3) is 3.20. The fraction of sp³-hybridized carbons (Fsp3) is 0.818. The van der Waals surface area contributed by atoms with Crippen molar-refractivity contribution in [1.29, 1.82) is 0 Å². The van der Waals surface area contributed by atoms with Gasteiger partial charge in [-0.1, -0.05) is 13.8 Å². The lowest BCUT2D eigenvalue weighted by molar-refractivity contribution is -0.179. The molecule has 1 rings (SSSR count). The molecule has 1 fully saturated rings. The maximum Gasteiger partial charge on any atom is 0.303 e. The molecule has 5 heteroatoms. The summed E-state index contributed by atoms with van der Waals surface area (Å²) < 4.78 is 10.4. The predicted molar refractivity (Wildman–Crippen MR) is 57.8 cm³/mol. The molecule has 0 aromatic heterocycles. The first kappa shape index (κ1) is 13.0. The van der Waals surface area contributed by atoms with Gasteiger partial charge in [-0.3, -0.25) is 9.59 Å². The van der Waals surface area contributed by atoms with Crippen molar-refractivity contribution in [3.8, 4) is 0 Å². The van der Waals surface area contributed by atoms with Crippen LogP contribution in [0.1, 0.15) is 27.7 Å². The summed E-state index contributed by atoms with van der Waals surface area (Å²) >= 11 is 0. The van der Waals surface area contributed by atoms with E-state index in [1.54, 1.807) is 0 Å². The minimum Gasteiger partial charge on any atom is -0.458 e. The van der Waals surface area contributed by atoms with Gasteiger partial charge in [0, 0.05) is 32.4 Å². The number of nitrogens with one attached hydrogen (secondary N) is 1. The lowest BCUT2D eigenvalue weighted by atomic mass is 9.80. The number of ether oxygens (including phenoxy) is 2. The summed E-state index contributed by atoms with van der Waals surface area (Å²) in [6, 6.07) is 0. The van der Waals surface area contributed by atoms with Crippen LogP contribution in [0, 0.1) is 5.41 Å². The zero-order valence-corrected chi connectivity index (χ0v) is 10.2. The summed E-state index contributed by atoms with van der Waals surface area (Å²) in [6.07, 6.45) is -0.805. The molecule has 0 radical (unpaired) electrons. The van der Waals surface area contributed by atoms with Crippen molar-refractivity contribution in [3.63, 3.8) is 0 Å². The number of piperidine rings is 1. The van der Waals surface area contributed by atoms with Gasteiger partial charge in [0.15, 0.2) is 6.10 Å². The monoisotopic (exact) mass is 229 g/mol. The maximum atomic E-state index is 11.0. The molecule has 1 aliphatic rings. The molecule has 2 atom stereocenters. The summed E-state index contributed by atoms with van der Waals surface area (Å²) in [5.41, 5.74) is -0.246. The van der Waals surface area contributed by atoms with Gasteiger partial charge in [0.2, 0.25) is 0 Å². The van der Waals surface area contributed by atoms with E-state index >= 15 is 0 Å². The van der Waals surface area contributed by atoms with Gasteiger partial charge in [-0.25, -0.2) is 0 Å². The molecule has 0 aromatic carbocycles. The molecule has 16 heavy (non-hydrogen) atoms. The third-order valence-corrected chi connectivity index (χ3v) is 2.64. The van der Waals surface area contributed by atoms with Crippen LogP contribution in [0.4, 0.5) is 0 Å². The first-order chi connectivity index (χ1) is 7.33. The molecule has 1 heterocycles. The molecule has 92 valence electrons. The molecule has 0 amide bonds. The van der Waals surface area contributed by atoms with E-state index in [9.17, 15) is 9.59 Å². The summed E-state index contributed by atoms with van der Waals surface area (Å²) in [5, 5.41) is 3.17. The van der Waals surface area contributed by atoms with Gasteiger partial charge in [-0.05, 0) is 0 Å². The Kier molecular flexibility index (Phi) is 3.91. The Bertz CT molecular complexity index is 288.